The molecule has 0 radical (unpaired) electrons. The molecule has 0 aliphatic heterocycles. The summed E-state index contributed by atoms with van der Waals surface area (Å²) in [6, 6.07) is 0. The molecule has 0 aliphatic carbocycles. The van der Waals surface area contributed by atoms with Gasteiger partial charge in [0, 0.05) is 11.1 Å². The van der Waals surface area contributed by atoms with E-state index < -0.39 is 0 Å². The second kappa shape index (κ2) is 2.94. The quantitative estimate of drug-likeness (QED) is 0.608. The molecule has 0 aliphatic rings. The maximum atomic E-state index is 5.54. The topological polar surface area (TPSA) is 25.2 Å². The average molecular weight is 161 g/mol. The van der Waals surface area contributed by atoms with Gasteiger partial charge in [0.1, 0.15) is 0 Å². The van der Waals surface area contributed by atoms with Crippen molar-refractivity contribution in [2.45, 2.75) is 6.54 Å². The fourth-order valence-corrected chi connectivity index (χ4v) is 1.40. The van der Waals surface area contributed by atoms with Crippen LogP contribution in [-0.4, -0.2) is 11.7 Å². The Hall–Kier alpha value is -0.410. The van der Waals surface area contributed by atoms with Gasteiger partial charge >= 0.3 is 0 Å². The molecule has 0 N–H and O–H groups in total. The molecule has 0 atom stereocenters. The minimum absolute atomic E-state index is 0.564. The molecule has 0 saturated heterocycles. The van der Waals surface area contributed by atoms with Crippen molar-refractivity contribution in [1.82, 2.24) is 4.98 Å². The lowest BCUT2D eigenvalue weighted by atomic mass is 10.6. The molecule has 0 spiro atoms. The summed E-state index contributed by atoms with van der Waals surface area (Å²) in [5.74, 6) is 0. The van der Waals surface area contributed by atoms with E-state index in [1.165, 1.54) is 11.3 Å². The molecular weight excluding hydrogens is 156 g/mol. The fourth-order valence-electron chi connectivity index (χ4n) is 0.467. The third-order valence-corrected chi connectivity index (χ3v) is 1.89. The molecule has 9 heavy (non-hydrogen) atoms. The zero-order chi connectivity index (χ0) is 6.69. The first-order chi connectivity index (χ1) is 4.33. The SMILES string of the molecule is C=NCc1cnc(Cl)s1. The minimum atomic E-state index is 0.564. The summed E-state index contributed by atoms with van der Waals surface area (Å²) in [7, 11) is 0. The van der Waals surface area contributed by atoms with Crippen LogP contribution in [0.15, 0.2) is 11.2 Å². The Balaban J connectivity index is 2.72. The first kappa shape index (κ1) is 6.71. The number of thiazole rings is 1. The van der Waals surface area contributed by atoms with Gasteiger partial charge in [0.05, 0.1) is 6.54 Å². The third kappa shape index (κ3) is 1.77. The van der Waals surface area contributed by atoms with Gasteiger partial charge in [0.25, 0.3) is 0 Å². The standard InChI is InChI=1S/C5H5ClN2S/c1-7-2-4-3-8-5(6)9-4/h3H,1-2H2. The van der Waals surface area contributed by atoms with Crippen LogP contribution in [0.2, 0.25) is 4.47 Å². The highest BCUT2D eigenvalue weighted by Gasteiger charge is 1.95. The Kier molecular flexibility index (Phi) is 2.19. The molecule has 0 bridgehead atoms. The number of halogens is 1. The van der Waals surface area contributed by atoms with Gasteiger partial charge in [-0.15, -0.1) is 11.3 Å². The average Bonchev–Trinajstić information content (AvgIpc) is 2.17. The van der Waals surface area contributed by atoms with Crippen LogP contribution in [0.3, 0.4) is 0 Å². The predicted octanol–water partition coefficient (Wildman–Crippen LogP) is 2.00. The van der Waals surface area contributed by atoms with E-state index in [-0.39, 0.29) is 0 Å². The van der Waals surface area contributed by atoms with Crippen LogP contribution in [0, 0.1) is 0 Å². The number of hydrogen-bond acceptors (Lipinski definition) is 3. The molecule has 1 aromatic heterocycles. The van der Waals surface area contributed by atoms with Crippen molar-refractivity contribution in [3.63, 3.8) is 0 Å². The van der Waals surface area contributed by atoms with Gasteiger partial charge in [-0.25, -0.2) is 4.98 Å². The van der Waals surface area contributed by atoms with Gasteiger partial charge in [-0.05, 0) is 6.72 Å². The Bertz CT molecular complexity index is 208. The lowest BCUT2D eigenvalue weighted by molar-refractivity contribution is 1.11. The van der Waals surface area contributed by atoms with Crippen molar-refractivity contribution in [2.75, 3.05) is 0 Å². The molecule has 0 unspecified atom stereocenters. The van der Waals surface area contributed by atoms with E-state index in [1.54, 1.807) is 6.20 Å². The maximum absolute atomic E-state index is 5.54. The van der Waals surface area contributed by atoms with Crippen molar-refractivity contribution in [3.8, 4) is 0 Å². The summed E-state index contributed by atoms with van der Waals surface area (Å²) < 4.78 is 0.564. The van der Waals surface area contributed by atoms with E-state index in [1.807, 2.05) is 0 Å². The highest BCUT2D eigenvalue weighted by atomic mass is 35.5. The lowest BCUT2D eigenvalue weighted by Gasteiger charge is -1.80. The molecule has 2 nitrogen and oxygen atoms in total. The van der Waals surface area contributed by atoms with E-state index in [9.17, 15) is 0 Å². The van der Waals surface area contributed by atoms with Crippen molar-refractivity contribution < 1.29 is 0 Å². The Labute approximate surface area is 62.2 Å². The van der Waals surface area contributed by atoms with E-state index >= 15 is 0 Å². The van der Waals surface area contributed by atoms with E-state index in [0.29, 0.717) is 11.0 Å². The summed E-state index contributed by atoms with van der Waals surface area (Å²) in [4.78, 5) is 8.56. The summed E-state index contributed by atoms with van der Waals surface area (Å²) in [5, 5.41) is 0. The third-order valence-electron chi connectivity index (χ3n) is 0.793. The summed E-state index contributed by atoms with van der Waals surface area (Å²) in [5.41, 5.74) is 0. The van der Waals surface area contributed by atoms with E-state index in [0.717, 1.165) is 4.88 Å². The molecule has 1 aromatic rings. The van der Waals surface area contributed by atoms with Gasteiger partial charge in [0.15, 0.2) is 4.47 Å². The van der Waals surface area contributed by atoms with E-state index in [4.69, 9.17) is 11.6 Å². The van der Waals surface area contributed by atoms with Crippen LogP contribution in [0.25, 0.3) is 0 Å². The van der Waals surface area contributed by atoms with Gasteiger partial charge < -0.3 is 0 Å². The molecule has 48 valence electrons. The summed E-state index contributed by atoms with van der Waals surface area (Å²) >= 11 is 6.97. The maximum Gasteiger partial charge on any atom is 0.183 e. The highest BCUT2D eigenvalue weighted by Crippen LogP contribution is 2.17. The first-order valence-corrected chi connectivity index (χ1v) is 3.55. The molecule has 0 saturated carbocycles. The highest BCUT2D eigenvalue weighted by molar-refractivity contribution is 7.15. The Morgan fingerprint density at radius 1 is 1.89 bits per heavy atom. The predicted molar refractivity (Wildman–Crippen MR) is 40.4 cm³/mol. The molecule has 0 aromatic carbocycles. The number of rotatable bonds is 2. The zero-order valence-electron chi connectivity index (χ0n) is 4.67. The van der Waals surface area contributed by atoms with Gasteiger partial charge in [-0.1, -0.05) is 11.6 Å². The minimum Gasteiger partial charge on any atom is -0.295 e. The molecule has 1 heterocycles. The summed E-state index contributed by atoms with van der Waals surface area (Å²) in [6.45, 7) is 3.97. The molecule has 1 rings (SSSR count). The van der Waals surface area contributed by atoms with E-state index in [2.05, 4.69) is 16.7 Å². The second-order valence-corrected chi connectivity index (χ2v) is 3.16. The van der Waals surface area contributed by atoms with Crippen LogP contribution in [0.5, 0.6) is 0 Å². The molecule has 4 heteroatoms. The molecule has 0 fully saturated rings. The Morgan fingerprint density at radius 3 is 3.11 bits per heavy atom. The molecular formula is C5H5ClN2S. The number of aromatic nitrogens is 1. The second-order valence-electron chi connectivity index (χ2n) is 1.46. The normalized spacial score (nSPS) is 9.44. The van der Waals surface area contributed by atoms with Gasteiger partial charge in [-0.3, -0.25) is 4.99 Å². The van der Waals surface area contributed by atoms with Crippen molar-refractivity contribution in [3.05, 3.63) is 15.5 Å². The monoisotopic (exact) mass is 160 g/mol. The first-order valence-electron chi connectivity index (χ1n) is 2.35. The van der Waals surface area contributed by atoms with Crippen LogP contribution in [-0.2, 0) is 6.54 Å². The van der Waals surface area contributed by atoms with Crippen molar-refractivity contribution >= 4 is 29.7 Å². The smallest absolute Gasteiger partial charge is 0.183 e. The lowest BCUT2D eigenvalue weighted by Crippen LogP contribution is -1.68. The summed E-state index contributed by atoms with van der Waals surface area (Å²) in [6.07, 6.45) is 1.71. The largest absolute Gasteiger partial charge is 0.295 e. The van der Waals surface area contributed by atoms with Crippen LogP contribution < -0.4 is 0 Å². The zero-order valence-corrected chi connectivity index (χ0v) is 6.24. The number of hydrogen-bond donors (Lipinski definition) is 0. The van der Waals surface area contributed by atoms with Crippen molar-refractivity contribution in [2.24, 2.45) is 4.99 Å². The van der Waals surface area contributed by atoms with Crippen molar-refractivity contribution in [1.29, 1.82) is 0 Å². The molecule has 0 amide bonds. The van der Waals surface area contributed by atoms with Gasteiger partial charge in [-0.2, -0.15) is 0 Å². The number of aliphatic imine (C=N–C) groups is 1. The van der Waals surface area contributed by atoms with Gasteiger partial charge in [0.2, 0.25) is 0 Å². The number of nitrogens with zero attached hydrogens (tertiary/aromatic N) is 2. The Morgan fingerprint density at radius 2 is 2.67 bits per heavy atom. The fraction of sp³-hybridized carbons (Fsp3) is 0.200. The van der Waals surface area contributed by atoms with Crippen LogP contribution in [0.4, 0.5) is 0 Å². The van der Waals surface area contributed by atoms with Crippen LogP contribution in [0.1, 0.15) is 4.88 Å². The van der Waals surface area contributed by atoms with Crippen LogP contribution >= 0.6 is 22.9 Å².